The van der Waals surface area contributed by atoms with Gasteiger partial charge in [0.25, 0.3) is 0 Å². The molecule has 3 rings (SSSR count). The van der Waals surface area contributed by atoms with Crippen molar-refractivity contribution in [1.29, 1.82) is 0 Å². The van der Waals surface area contributed by atoms with Gasteiger partial charge in [-0.2, -0.15) is 0 Å². The number of benzene rings is 2. The molecule has 0 spiro atoms. The van der Waals surface area contributed by atoms with Crippen molar-refractivity contribution < 1.29 is 5.11 Å². The summed E-state index contributed by atoms with van der Waals surface area (Å²) in [5.74, 6) is 0. The van der Waals surface area contributed by atoms with E-state index in [1.807, 2.05) is 6.07 Å². The fourth-order valence-corrected chi connectivity index (χ4v) is 2.96. The van der Waals surface area contributed by atoms with Gasteiger partial charge in [0.15, 0.2) is 0 Å². The zero-order chi connectivity index (χ0) is 13.3. The summed E-state index contributed by atoms with van der Waals surface area (Å²) in [6, 6.07) is 16.8. The average Bonchev–Trinajstić information content (AvgIpc) is 2.77. The van der Waals surface area contributed by atoms with E-state index in [9.17, 15) is 5.11 Å². The molecule has 0 heterocycles. The number of aliphatic hydroxyl groups is 1. The van der Waals surface area contributed by atoms with Crippen LogP contribution in [0.15, 0.2) is 48.5 Å². The molecular formula is C17H19NO. The molecule has 98 valence electrons. The SMILES string of the molecule is Cc1cccc(NC2(CO)Cc3ccccc3C2)c1. The zero-order valence-electron chi connectivity index (χ0n) is 11.2. The molecule has 2 heteroatoms. The van der Waals surface area contributed by atoms with Gasteiger partial charge in [0, 0.05) is 5.69 Å². The molecule has 1 aliphatic rings. The fraction of sp³-hybridized carbons (Fsp3) is 0.294. The van der Waals surface area contributed by atoms with E-state index in [0.717, 1.165) is 18.5 Å². The Kier molecular flexibility index (Phi) is 3.03. The van der Waals surface area contributed by atoms with Crippen LogP contribution in [0.4, 0.5) is 5.69 Å². The summed E-state index contributed by atoms with van der Waals surface area (Å²) < 4.78 is 0. The van der Waals surface area contributed by atoms with Crippen molar-refractivity contribution in [2.75, 3.05) is 11.9 Å². The maximum absolute atomic E-state index is 9.86. The van der Waals surface area contributed by atoms with Crippen LogP contribution in [0, 0.1) is 6.92 Å². The lowest BCUT2D eigenvalue weighted by Crippen LogP contribution is -2.43. The third kappa shape index (κ3) is 2.36. The van der Waals surface area contributed by atoms with Crippen molar-refractivity contribution in [3.63, 3.8) is 0 Å². The lowest BCUT2D eigenvalue weighted by Gasteiger charge is -2.29. The highest BCUT2D eigenvalue weighted by atomic mass is 16.3. The molecule has 2 nitrogen and oxygen atoms in total. The van der Waals surface area contributed by atoms with E-state index in [-0.39, 0.29) is 12.1 Å². The Hall–Kier alpha value is -1.80. The Morgan fingerprint density at radius 1 is 1.05 bits per heavy atom. The van der Waals surface area contributed by atoms with Crippen molar-refractivity contribution >= 4 is 5.69 Å². The molecule has 0 atom stereocenters. The summed E-state index contributed by atoms with van der Waals surface area (Å²) >= 11 is 0. The van der Waals surface area contributed by atoms with Crippen LogP contribution in [0.5, 0.6) is 0 Å². The first-order valence-corrected chi connectivity index (χ1v) is 6.73. The number of nitrogens with one attached hydrogen (secondary N) is 1. The quantitative estimate of drug-likeness (QED) is 0.881. The van der Waals surface area contributed by atoms with E-state index in [1.165, 1.54) is 16.7 Å². The van der Waals surface area contributed by atoms with Gasteiger partial charge in [-0.1, -0.05) is 36.4 Å². The molecule has 2 aromatic carbocycles. The van der Waals surface area contributed by atoms with Gasteiger partial charge >= 0.3 is 0 Å². The largest absolute Gasteiger partial charge is 0.394 e. The average molecular weight is 253 g/mol. The highest BCUT2D eigenvalue weighted by Gasteiger charge is 2.36. The summed E-state index contributed by atoms with van der Waals surface area (Å²) in [6.07, 6.45) is 1.77. The minimum absolute atomic E-state index is 0.148. The molecule has 2 aromatic rings. The second kappa shape index (κ2) is 4.71. The van der Waals surface area contributed by atoms with Gasteiger partial charge in [-0.25, -0.2) is 0 Å². The third-order valence-electron chi connectivity index (χ3n) is 3.91. The van der Waals surface area contributed by atoms with E-state index in [4.69, 9.17) is 0 Å². The van der Waals surface area contributed by atoms with Crippen LogP contribution in [0.1, 0.15) is 16.7 Å². The molecule has 0 unspecified atom stereocenters. The standard InChI is InChI=1S/C17H19NO/c1-13-5-4-8-16(9-13)18-17(12-19)10-14-6-2-3-7-15(14)11-17/h2-9,18-19H,10-12H2,1H3. The second-order valence-corrected chi connectivity index (χ2v) is 5.56. The number of aryl methyl sites for hydroxylation is 1. The maximum Gasteiger partial charge on any atom is 0.0684 e. The second-order valence-electron chi connectivity index (χ2n) is 5.56. The minimum atomic E-state index is -0.252. The third-order valence-corrected chi connectivity index (χ3v) is 3.91. The van der Waals surface area contributed by atoms with Crippen LogP contribution in [0.3, 0.4) is 0 Å². The van der Waals surface area contributed by atoms with Gasteiger partial charge in [-0.3, -0.25) is 0 Å². The molecule has 0 aliphatic heterocycles. The molecule has 0 saturated carbocycles. The number of fused-ring (bicyclic) bond motifs is 1. The van der Waals surface area contributed by atoms with Crippen molar-refractivity contribution in [3.8, 4) is 0 Å². The molecule has 0 bridgehead atoms. The lowest BCUT2D eigenvalue weighted by molar-refractivity contribution is 0.216. The number of hydrogen-bond acceptors (Lipinski definition) is 2. The van der Waals surface area contributed by atoms with E-state index >= 15 is 0 Å². The molecule has 2 N–H and O–H groups in total. The van der Waals surface area contributed by atoms with Gasteiger partial charge in [-0.05, 0) is 48.6 Å². The molecular weight excluding hydrogens is 234 g/mol. The molecule has 0 amide bonds. The molecule has 1 aliphatic carbocycles. The molecule has 0 fully saturated rings. The van der Waals surface area contributed by atoms with Gasteiger partial charge in [0.1, 0.15) is 0 Å². The smallest absolute Gasteiger partial charge is 0.0684 e. The zero-order valence-corrected chi connectivity index (χ0v) is 11.2. The lowest BCUT2D eigenvalue weighted by atomic mass is 9.96. The first kappa shape index (κ1) is 12.2. The Labute approximate surface area is 114 Å². The van der Waals surface area contributed by atoms with Crippen LogP contribution in [-0.2, 0) is 12.8 Å². The van der Waals surface area contributed by atoms with Gasteiger partial charge in [0.2, 0.25) is 0 Å². The maximum atomic E-state index is 9.86. The Morgan fingerprint density at radius 2 is 1.74 bits per heavy atom. The van der Waals surface area contributed by atoms with Gasteiger partial charge < -0.3 is 10.4 Å². The van der Waals surface area contributed by atoms with Crippen molar-refractivity contribution in [1.82, 2.24) is 0 Å². The van der Waals surface area contributed by atoms with Crippen molar-refractivity contribution in [3.05, 3.63) is 65.2 Å². The number of anilines is 1. The molecule has 0 saturated heterocycles. The van der Waals surface area contributed by atoms with Crippen LogP contribution in [0.25, 0.3) is 0 Å². The van der Waals surface area contributed by atoms with E-state index in [2.05, 4.69) is 54.7 Å². The minimum Gasteiger partial charge on any atom is -0.394 e. The monoisotopic (exact) mass is 253 g/mol. The van der Waals surface area contributed by atoms with E-state index in [1.54, 1.807) is 0 Å². The van der Waals surface area contributed by atoms with Crippen molar-refractivity contribution in [2.45, 2.75) is 25.3 Å². The first-order valence-electron chi connectivity index (χ1n) is 6.73. The van der Waals surface area contributed by atoms with Gasteiger partial charge in [0.05, 0.1) is 12.1 Å². The highest BCUT2D eigenvalue weighted by molar-refractivity contribution is 5.51. The predicted molar refractivity (Wildman–Crippen MR) is 78.5 cm³/mol. The molecule has 0 radical (unpaired) electrons. The highest BCUT2D eigenvalue weighted by Crippen LogP contribution is 2.32. The van der Waals surface area contributed by atoms with E-state index in [0.29, 0.717) is 0 Å². The fourth-order valence-electron chi connectivity index (χ4n) is 2.96. The predicted octanol–water partition coefficient (Wildman–Crippen LogP) is 2.94. The first-order chi connectivity index (χ1) is 9.21. The summed E-state index contributed by atoms with van der Waals surface area (Å²) in [4.78, 5) is 0. The Bertz CT molecular complexity index is 566. The summed E-state index contributed by atoms with van der Waals surface area (Å²) in [5, 5.41) is 13.4. The summed E-state index contributed by atoms with van der Waals surface area (Å²) in [5.41, 5.74) is 4.75. The number of rotatable bonds is 3. The number of aliphatic hydroxyl groups excluding tert-OH is 1. The molecule has 0 aromatic heterocycles. The summed E-state index contributed by atoms with van der Waals surface area (Å²) in [6.45, 7) is 2.23. The Balaban J connectivity index is 1.87. The Morgan fingerprint density at radius 3 is 2.32 bits per heavy atom. The van der Waals surface area contributed by atoms with Crippen LogP contribution >= 0.6 is 0 Å². The van der Waals surface area contributed by atoms with Crippen LogP contribution in [-0.4, -0.2) is 17.3 Å². The van der Waals surface area contributed by atoms with Gasteiger partial charge in [-0.15, -0.1) is 0 Å². The topological polar surface area (TPSA) is 32.3 Å². The normalized spacial score (nSPS) is 16.1. The summed E-state index contributed by atoms with van der Waals surface area (Å²) in [7, 11) is 0. The van der Waals surface area contributed by atoms with Crippen LogP contribution in [0.2, 0.25) is 0 Å². The van der Waals surface area contributed by atoms with Crippen LogP contribution < -0.4 is 5.32 Å². The van der Waals surface area contributed by atoms with E-state index < -0.39 is 0 Å². The molecule has 19 heavy (non-hydrogen) atoms. The number of hydrogen-bond donors (Lipinski definition) is 2. The van der Waals surface area contributed by atoms with Crippen molar-refractivity contribution in [2.24, 2.45) is 0 Å².